The summed E-state index contributed by atoms with van der Waals surface area (Å²) in [5, 5.41) is 5.03. The highest BCUT2D eigenvalue weighted by Gasteiger charge is 2.26. The van der Waals surface area contributed by atoms with Gasteiger partial charge >= 0.3 is 0 Å². The molecule has 3 heterocycles. The molecule has 2 aliphatic rings. The maximum absolute atomic E-state index is 13.3. The highest BCUT2D eigenvalue weighted by molar-refractivity contribution is 7.80. The standard InChI is InChI=1S/C20H22FN5OS/c1-14-13-25(16-5-3-2-4-6-16)8-9-26(14)20(28)24-23-17-7-10-27-18-11-15(21)12-22-19(17)18/h2-6,11-12,14H,7-10,13H2,1H3,(H,24,28)/b23-17-. The van der Waals surface area contributed by atoms with Crippen molar-refractivity contribution in [2.45, 2.75) is 19.4 Å². The first-order valence-corrected chi connectivity index (χ1v) is 9.74. The molecule has 1 aromatic carbocycles. The van der Waals surface area contributed by atoms with Gasteiger partial charge in [0.25, 0.3) is 0 Å². The van der Waals surface area contributed by atoms with Crippen LogP contribution in [-0.4, -0.2) is 53.0 Å². The molecule has 0 aliphatic carbocycles. The first-order chi connectivity index (χ1) is 13.6. The molecule has 2 aliphatic heterocycles. The van der Waals surface area contributed by atoms with Gasteiger partial charge in [-0.05, 0) is 31.3 Å². The van der Waals surface area contributed by atoms with Gasteiger partial charge in [0, 0.05) is 43.9 Å². The second-order valence-corrected chi connectivity index (χ2v) is 7.28. The largest absolute Gasteiger partial charge is 0.491 e. The number of fused-ring (bicyclic) bond motifs is 1. The van der Waals surface area contributed by atoms with Gasteiger partial charge in [-0.15, -0.1) is 0 Å². The van der Waals surface area contributed by atoms with Gasteiger partial charge in [0.2, 0.25) is 0 Å². The van der Waals surface area contributed by atoms with Crippen LogP contribution in [0, 0.1) is 5.82 Å². The summed E-state index contributed by atoms with van der Waals surface area (Å²) in [6, 6.07) is 12.0. The molecule has 1 saturated heterocycles. The van der Waals surface area contributed by atoms with Crippen molar-refractivity contribution in [1.29, 1.82) is 0 Å². The quantitative estimate of drug-likeness (QED) is 0.619. The van der Waals surface area contributed by atoms with E-state index in [4.69, 9.17) is 17.0 Å². The number of hydrazone groups is 1. The second-order valence-electron chi connectivity index (χ2n) is 6.90. The highest BCUT2D eigenvalue weighted by atomic mass is 32.1. The van der Waals surface area contributed by atoms with Crippen LogP contribution >= 0.6 is 12.2 Å². The van der Waals surface area contributed by atoms with Crippen molar-refractivity contribution in [2.75, 3.05) is 31.1 Å². The van der Waals surface area contributed by atoms with E-state index in [1.54, 1.807) is 0 Å². The van der Waals surface area contributed by atoms with Gasteiger partial charge in [-0.1, -0.05) is 18.2 Å². The number of piperazine rings is 1. The van der Waals surface area contributed by atoms with E-state index >= 15 is 0 Å². The lowest BCUT2D eigenvalue weighted by molar-refractivity contribution is 0.294. The lowest BCUT2D eigenvalue weighted by Gasteiger charge is -2.41. The summed E-state index contributed by atoms with van der Waals surface area (Å²) in [6.45, 7) is 5.20. The summed E-state index contributed by atoms with van der Waals surface area (Å²) in [5.74, 6) is -0.00356. The van der Waals surface area contributed by atoms with Gasteiger partial charge in [-0.3, -0.25) is 5.43 Å². The first kappa shape index (κ1) is 18.6. The molecular formula is C20H22FN5OS. The Morgan fingerprint density at radius 2 is 2.14 bits per heavy atom. The molecule has 1 fully saturated rings. The monoisotopic (exact) mass is 399 g/mol. The second kappa shape index (κ2) is 8.10. The molecule has 28 heavy (non-hydrogen) atoms. The number of hydrogen-bond donors (Lipinski definition) is 1. The molecule has 146 valence electrons. The zero-order chi connectivity index (χ0) is 19.5. The van der Waals surface area contributed by atoms with E-state index in [-0.39, 0.29) is 6.04 Å². The minimum Gasteiger partial charge on any atom is -0.491 e. The Hall–Kier alpha value is -2.74. The molecule has 1 aromatic heterocycles. The molecular weight excluding hydrogens is 377 g/mol. The number of ether oxygens (including phenoxy) is 1. The number of nitrogens with one attached hydrogen (secondary N) is 1. The average molecular weight is 399 g/mol. The normalized spacial score (nSPS) is 20.5. The topological polar surface area (TPSA) is 53.0 Å². The number of para-hydroxylation sites is 1. The molecule has 1 unspecified atom stereocenters. The Morgan fingerprint density at radius 3 is 2.93 bits per heavy atom. The number of rotatable bonds is 2. The smallest absolute Gasteiger partial charge is 0.189 e. The van der Waals surface area contributed by atoms with Crippen LogP contribution in [0.1, 0.15) is 19.0 Å². The van der Waals surface area contributed by atoms with Gasteiger partial charge in [-0.2, -0.15) is 5.10 Å². The Morgan fingerprint density at radius 1 is 1.32 bits per heavy atom. The number of anilines is 1. The van der Waals surface area contributed by atoms with E-state index in [1.165, 1.54) is 18.0 Å². The lowest BCUT2D eigenvalue weighted by atomic mass is 10.1. The zero-order valence-electron chi connectivity index (χ0n) is 15.6. The summed E-state index contributed by atoms with van der Waals surface area (Å²) in [7, 11) is 0. The third-order valence-corrected chi connectivity index (χ3v) is 5.31. The fourth-order valence-corrected chi connectivity index (χ4v) is 3.86. The van der Waals surface area contributed by atoms with Crippen LogP contribution in [0.3, 0.4) is 0 Å². The van der Waals surface area contributed by atoms with Crippen LogP contribution in [0.4, 0.5) is 10.1 Å². The summed E-state index contributed by atoms with van der Waals surface area (Å²) in [4.78, 5) is 8.63. The van der Waals surface area contributed by atoms with Crippen LogP contribution in [-0.2, 0) is 0 Å². The van der Waals surface area contributed by atoms with Crippen molar-refractivity contribution in [3.63, 3.8) is 0 Å². The van der Waals surface area contributed by atoms with E-state index in [2.05, 4.69) is 56.5 Å². The Kier molecular flexibility index (Phi) is 5.38. The Balaban J connectivity index is 1.41. The van der Waals surface area contributed by atoms with Crippen LogP contribution < -0.4 is 15.1 Å². The lowest BCUT2D eigenvalue weighted by Crippen LogP contribution is -2.56. The molecule has 8 heteroatoms. The Labute approximate surface area is 169 Å². The van der Waals surface area contributed by atoms with E-state index in [1.807, 2.05) is 6.07 Å². The highest BCUT2D eigenvalue weighted by Crippen LogP contribution is 2.24. The zero-order valence-corrected chi connectivity index (χ0v) is 16.5. The number of aromatic nitrogens is 1. The van der Waals surface area contributed by atoms with Crippen molar-refractivity contribution in [2.24, 2.45) is 5.10 Å². The van der Waals surface area contributed by atoms with Crippen LogP contribution in [0.2, 0.25) is 0 Å². The van der Waals surface area contributed by atoms with Gasteiger partial charge in [-0.25, -0.2) is 9.37 Å². The number of hydrogen-bond acceptors (Lipinski definition) is 5. The van der Waals surface area contributed by atoms with Crippen molar-refractivity contribution in [1.82, 2.24) is 15.3 Å². The SMILES string of the molecule is CC1CN(c2ccccc2)CCN1C(=S)N/N=C1/CCOc2cc(F)cnc21. The third kappa shape index (κ3) is 3.91. The number of nitrogens with zero attached hydrogens (tertiary/aromatic N) is 4. The van der Waals surface area contributed by atoms with Gasteiger partial charge in [0.1, 0.15) is 17.3 Å². The average Bonchev–Trinajstić information content (AvgIpc) is 2.72. The third-order valence-electron chi connectivity index (χ3n) is 4.99. The molecule has 6 nitrogen and oxygen atoms in total. The maximum Gasteiger partial charge on any atom is 0.189 e. The number of benzene rings is 1. The number of thiocarbonyl (C=S) groups is 1. The fraction of sp³-hybridized carbons (Fsp3) is 0.350. The van der Waals surface area contributed by atoms with E-state index < -0.39 is 5.82 Å². The van der Waals surface area contributed by atoms with Crippen LogP contribution in [0.15, 0.2) is 47.7 Å². The van der Waals surface area contributed by atoms with Crippen molar-refractivity contribution in [3.8, 4) is 5.75 Å². The van der Waals surface area contributed by atoms with Crippen LogP contribution in [0.25, 0.3) is 0 Å². The summed E-state index contributed by atoms with van der Waals surface area (Å²) < 4.78 is 18.8. The predicted octanol–water partition coefficient (Wildman–Crippen LogP) is 2.79. The summed E-state index contributed by atoms with van der Waals surface area (Å²) in [6.07, 6.45) is 1.77. The number of halogens is 1. The van der Waals surface area contributed by atoms with E-state index in [9.17, 15) is 4.39 Å². The molecule has 0 saturated carbocycles. The maximum atomic E-state index is 13.3. The van der Waals surface area contributed by atoms with Gasteiger partial charge < -0.3 is 14.5 Å². The Bertz CT molecular complexity index is 891. The molecule has 0 radical (unpaired) electrons. The molecule has 1 atom stereocenters. The molecule has 0 amide bonds. The summed E-state index contributed by atoms with van der Waals surface area (Å²) in [5.41, 5.74) is 5.51. The number of pyridine rings is 1. The minimum atomic E-state index is -0.423. The fourth-order valence-electron chi connectivity index (χ4n) is 3.54. The van der Waals surface area contributed by atoms with Crippen LogP contribution in [0.5, 0.6) is 5.75 Å². The van der Waals surface area contributed by atoms with Gasteiger partial charge in [0.15, 0.2) is 5.11 Å². The molecule has 1 N–H and O–H groups in total. The predicted molar refractivity (Wildman–Crippen MR) is 111 cm³/mol. The van der Waals surface area contributed by atoms with Crippen molar-refractivity contribution < 1.29 is 9.13 Å². The minimum absolute atomic E-state index is 0.253. The molecule has 0 spiro atoms. The van der Waals surface area contributed by atoms with Crippen molar-refractivity contribution >= 4 is 28.7 Å². The van der Waals surface area contributed by atoms with E-state index in [0.717, 1.165) is 25.3 Å². The summed E-state index contributed by atoms with van der Waals surface area (Å²) >= 11 is 5.57. The molecule has 0 bridgehead atoms. The van der Waals surface area contributed by atoms with Gasteiger partial charge in [0.05, 0.1) is 18.5 Å². The molecule has 2 aromatic rings. The first-order valence-electron chi connectivity index (χ1n) is 9.33. The van der Waals surface area contributed by atoms with Crippen molar-refractivity contribution in [3.05, 3.63) is 54.1 Å². The van der Waals surface area contributed by atoms with E-state index in [0.29, 0.717) is 29.6 Å². The molecule has 4 rings (SSSR count).